The zero-order valence-corrected chi connectivity index (χ0v) is 30.2. The summed E-state index contributed by atoms with van der Waals surface area (Å²) in [5, 5.41) is 0. The van der Waals surface area contributed by atoms with Crippen molar-refractivity contribution >= 4 is 0 Å². The molecule has 2 aromatic heterocycles. The molecule has 3 nitrogen and oxygen atoms in total. The molecule has 7 aromatic carbocycles. The van der Waals surface area contributed by atoms with Gasteiger partial charge in [0.25, 0.3) is 0 Å². The summed E-state index contributed by atoms with van der Waals surface area (Å²) >= 11 is 0. The molecule has 0 atom stereocenters. The fraction of sp³-hybridized carbons (Fsp3) is 0. The molecule has 0 saturated heterocycles. The molecule has 260 valence electrons. The molecule has 0 fully saturated rings. The van der Waals surface area contributed by atoms with Gasteiger partial charge in [-0.2, -0.15) is 4.57 Å². The Bertz CT molecular complexity index is 2540. The van der Waals surface area contributed by atoms with Gasteiger partial charge in [0, 0.05) is 46.5 Å². The number of para-hydroxylation sites is 1. The lowest BCUT2D eigenvalue weighted by Gasteiger charge is -2.14. The minimum Gasteiger partial charge on any atom is -0.457 e. The van der Waals surface area contributed by atoms with Gasteiger partial charge in [-0.3, -0.25) is 0 Å². The quantitative estimate of drug-likeness (QED) is 0.140. The molecule has 0 aliphatic heterocycles. The van der Waals surface area contributed by atoms with Gasteiger partial charge in [-0.1, -0.05) is 140 Å². The molecule has 9 aromatic rings. The van der Waals surface area contributed by atoms with E-state index in [0.29, 0.717) is 0 Å². The van der Waals surface area contributed by atoms with Crippen LogP contribution in [-0.2, 0) is 0 Å². The van der Waals surface area contributed by atoms with Gasteiger partial charge in [-0.25, -0.2) is 4.98 Å². The van der Waals surface area contributed by atoms with Crippen LogP contribution >= 0.6 is 0 Å². The van der Waals surface area contributed by atoms with E-state index in [0.717, 1.165) is 84.5 Å². The highest BCUT2D eigenvalue weighted by atomic mass is 16.5. The van der Waals surface area contributed by atoms with E-state index in [2.05, 4.69) is 174 Å². The topological polar surface area (TPSA) is 26.0 Å². The number of aromatic nitrogens is 2. The Kier molecular flexibility index (Phi) is 9.32. The highest BCUT2D eigenvalue weighted by molar-refractivity contribution is 5.80. The van der Waals surface area contributed by atoms with E-state index in [9.17, 15) is 0 Å². The standard InChI is InChI=1S/C52H37N2O/c1-6-16-40(17-7-1)49-34-44(35-50(53-49)41-18-8-2-9-19-41)38-26-28-39(29-27-38)45-36-51(42-20-10-3-11-21-42)54(52(37-45)43-22-12-4-13-23-43)46-30-32-48(33-31-46)55-47-24-14-5-15-25-47/h1-37H/q+1. The number of pyridine rings is 2. The van der Waals surface area contributed by atoms with Gasteiger partial charge in [0.15, 0.2) is 0 Å². The molecule has 0 saturated carbocycles. The van der Waals surface area contributed by atoms with Crippen molar-refractivity contribution in [2.45, 2.75) is 0 Å². The predicted octanol–water partition coefficient (Wildman–Crippen LogP) is 13.2. The van der Waals surface area contributed by atoms with Crippen molar-refractivity contribution in [3.05, 3.63) is 224 Å². The second-order valence-electron chi connectivity index (χ2n) is 13.4. The van der Waals surface area contributed by atoms with Gasteiger partial charge in [-0.05, 0) is 82.9 Å². The molecule has 0 unspecified atom stereocenters. The van der Waals surface area contributed by atoms with Gasteiger partial charge in [0.1, 0.15) is 11.5 Å². The molecule has 0 N–H and O–H groups in total. The lowest BCUT2D eigenvalue weighted by molar-refractivity contribution is -0.572. The molecule has 9 rings (SSSR count). The van der Waals surface area contributed by atoms with E-state index >= 15 is 0 Å². The lowest BCUT2D eigenvalue weighted by atomic mass is 9.95. The van der Waals surface area contributed by atoms with E-state index in [1.54, 1.807) is 0 Å². The number of benzene rings is 7. The van der Waals surface area contributed by atoms with E-state index in [1.165, 1.54) is 0 Å². The third-order valence-electron chi connectivity index (χ3n) is 9.80. The van der Waals surface area contributed by atoms with Crippen LogP contribution in [0, 0.1) is 0 Å². The second-order valence-corrected chi connectivity index (χ2v) is 13.4. The maximum atomic E-state index is 6.16. The summed E-state index contributed by atoms with van der Waals surface area (Å²) in [6.07, 6.45) is 0. The highest BCUT2D eigenvalue weighted by Gasteiger charge is 2.25. The summed E-state index contributed by atoms with van der Waals surface area (Å²) in [7, 11) is 0. The minimum absolute atomic E-state index is 0.788. The van der Waals surface area contributed by atoms with Crippen LogP contribution in [0.5, 0.6) is 11.5 Å². The molecule has 0 bridgehead atoms. The molecule has 55 heavy (non-hydrogen) atoms. The van der Waals surface area contributed by atoms with Crippen LogP contribution in [0.2, 0.25) is 0 Å². The Labute approximate surface area is 322 Å². The Hall–Kier alpha value is -7.36. The summed E-state index contributed by atoms with van der Waals surface area (Å²) in [6.45, 7) is 0. The summed E-state index contributed by atoms with van der Waals surface area (Å²) in [5.41, 5.74) is 14.1. The van der Waals surface area contributed by atoms with E-state index in [4.69, 9.17) is 9.72 Å². The van der Waals surface area contributed by atoms with E-state index in [1.807, 2.05) is 54.6 Å². The van der Waals surface area contributed by atoms with Crippen LogP contribution in [0.25, 0.3) is 73.0 Å². The van der Waals surface area contributed by atoms with Crippen LogP contribution in [-0.4, -0.2) is 4.98 Å². The summed E-state index contributed by atoms with van der Waals surface area (Å²) in [5.74, 6) is 1.60. The number of ether oxygens (including phenoxy) is 1. The fourth-order valence-corrected chi connectivity index (χ4v) is 7.04. The van der Waals surface area contributed by atoms with Crippen LogP contribution < -0.4 is 9.30 Å². The van der Waals surface area contributed by atoms with Gasteiger partial charge in [0.2, 0.25) is 17.1 Å². The third-order valence-corrected chi connectivity index (χ3v) is 9.80. The van der Waals surface area contributed by atoms with Crippen molar-refractivity contribution in [3.63, 3.8) is 0 Å². The summed E-state index contributed by atoms with van der Waals surface area (Å²) < 4.78 is 8.51. The van der Waals surface area contributed by atoms with E-state index in [-0.39, 0.29) is 0 Å². The van der Waals surface area contributed by atoms with Gasteiger partial charge < -0.3 is 4.74 Å². The van der Waals surface area contributed by atoms with Gasteiger partial charge in [-0.15, -0.1) is 0 Å². The normalized spacial score (nSPS) is 10.9. The average Bonchev–Trinajstić information content (AvgIpc) is 3.28. The largest absolute Gasteiger partial charge is 0.457 e. The molecule has 0 aliphatic carbocycles. The smallest absolute Gasteiger partial charge is 0.219 e. The second kappa shape index (κ2) is 15.3. The fourth-order valence-electron chi connectivity index (χ4n) is 7.04. The monoisotopic (exact) mass is 705 g/mol. The van der Waals surface area contributed by atoms with Crippen molar-refractivity contribution < 1.29 is 9.30 Å². The average molecular weight is 706 g/mol. The zero-order valence-electron chi connectivity index (χ0n) is 30.2. The molecule has 3 heteroatoms. The maximum Gasteiger partial charge on any atom is 0.219 e. The zero-order chi connectivity index (χ0) is 36.8. The van der Waals surface area contributed by atoms with Crippen molar-refractivity contribution in [1.29, 1.82) is 0 Å². The SMILES string of the molecule is c1ccc(Oc2ccc(-[n+]3c(-c4ccccc4)cc(-c4ccc(-c5cc(-c6ccccc6)nc(-c6ccccc6)c5)cc4)cc3-c3ccccc3)cc2)cc1. The molecule has 0 radical (unpaired) electrons. The summed E-state index contributed by atoms with van der Waals surface area (Å²) in [6, 6.07) is 78.2. The molecular formula is C52H37N2O+. The van der Waals surface area contributed by atoms with Gasteiger partial charge >= 0.3 is 0 Å². The first-order valence-corrected chi connectivity index (χ1v) is 18.5. The Morgan fingerprint density at radius 1 is 0.291 bits per heavy atom. The van der Waals surface area contributed by atoms with E-state index < -0.39 is 0 Å². The first-order chi connectivity index (χ1) is 27.2. The van der Waals surface area contributed by atoms with Crippen LogP contribution in [0.1, 0.15) is 0 Å². The van der Waals surface area contributed by atoms with Crippen LogP contribution in [0.15, 0.2) is 224 Å². The Balaban J connectivity index is 1.15. The number of rotatable bonds is 9. The molecule has 0 spiro atoms. The van der Waals surface area contributed by atoms with Crippen molar-refractivity contribution in [2.75, 3.05) is 0 Å². The highest BCUT2D eigenvalue weighted by Crippen LogP contribution is 2.34. The first-order valence-electron chi connectivity index (χ1n) is 18.5. The van der Waals surface area contributed by atoms with Crippen molar-refractivity contribution in [2.24, 2.45) is 0 Å². The maximum absolute atomic E-state index is 6.16. The number of hydrogen-bond acceptors (Lipinski definition) is 2. The molecular weight excluding hydrogens is 669 g/mol. The van der Waals surface area contributed by atoms with Gasteiger partial charge in [0.05, 0.1) is 11.4 Å². The van der Waals surface area contributed by atoms with Crippen molar-refractivity contribution in [3.8, 4) is 84.5 Å². The van der Waals surface area contributed by atoms with Crippen molar-refractivity contribution in [1.82, 2.24) is 4.98 Å². The minimum atomic E-state index is 0.788. The molecule has 2 heterocycles. The third kappa shape index (κ3) is 7.33. The number of hydrogen-bond donors (Lipinski definition) is 0. The molecule has 0 amide bonds. The Morgan fingerprint density at radius 2 is 0.655 bits per heavy atom. The Morgan fingerprint density at radius 3 is 1.09 bits per heavy atom. The first kappa shape index (κ1) is 33.5. The van der Waals surface area contributed by atoms with Crippen LogP contribution in [0.4, 0.5) is 0 Å². The molecule has 0 aliphatic rings. The summed E-state index contributed by atoms with van der Waals surface area (Å²) in [4.78, 5) is 5.09. The van der Waals surface area contributed by atoms with Crippen LogP contribution in [0.3, 0.4) is 0 Å². The lowest BCUT2D eigenvalue weighted by Crippen LogP contribution is -2.36. The number of nitrogens with zero attached hydrogens (tertiary/aromatic N) is 2. The predicted molar refractivity (Wildman–Crippen MR) is 225 cm³/mol.